The van der Waals surface area contributed by atoms with E-state index in [0.29, 0.717) is 33.9 Å². The number of benzene rings is 3. The van der Waals surface area contributed by atoms with Crippen molar-refractivity contribution >= 4 is 50.0 Å². The van der Waals surface area contributed by atoms with Crippen LogP contribution in [0.2, 0.25) is 0 Å². The first kappa shape index (κ1) is 20.4. The quantitative estimate of drug-likeness (QED) is 0.247. The van der Waals surface area contributed by atoms with Gasteiger partial charge in [0.25, 0.3) is 11.7 Å². The summed E-state index contributed by atoms with van der Waals surface area (Å²) in [4.78, 5) is 19.2. The molecule has 30 heavy (non-hydrogen) atoms. The first-order valence-electron chi connectivity index (χ1n) is 8.62. The van der Waals surface area contributed by atoms with E-state index >= 15 is 0 Å². The number of para-hydroxylation sites is 1. The zero-order valence-corrected chi connectivity index (χ0v) is 16.7. The fourth-order valence-corrected chi connectivity index (χ4v) is 4.31. The molecular weight excluding hydrogens is 436 g/mol. The molecule has 0 aliphatic rings. The SMILES string of the molecule is O=C(c1ccc(F)cc1F)N(c1ccc(SC(F)F)cc1)c1nc2ccccc2s1. The smallest absolute Gasteiger partial charge is 0.268 e. The van der Waals surface area contributed by atoms with E-state index in [1.54, 1.807) is 12.1 Å². The number of nitrogens with zero attached hydrogens (tertiary/aromatic N) is 2. The van der Waals surface area contributed by atoms with E-state index in [9.17, 15) is 22.4 Å². The van der Waals surface area contributed by atoms with Gasteiger partial charge in [-0.25, -0.2) is 13.8 Å². The number of aromatic nitrogens is 1. The molecule has 0 aliphatic carbocycles. The molecule has 0 saturated heterocycles. The molecule has 0 atom stereocenters. The molecule has 0 aliphatic heterocycles. The zero-order valence-electron chi connectivity index (χ0n) is 15.1. The molecule has 0 N–H and O–H groups in total. The molecule has 152 valence electrons. The fourth-order valence-electron chi connectivity index (χ4n) is 2.83. The lowest BCUT2D eigenvalue weighted by atomic mass is 10.1. The lowest BCUT2D eigenvalue weighted by Gasteiger charge is -2.20. The van der Waals surface area contributed by atoms with Crippen LogP contribution in [-0.2, 0) is 0 Å². The van der Waals surface area contributed by atoms with Gasteiger partial charge in [0, 0.05) is 11.0 Å². The van der Waals surface area contributed by atoms with Gasteiger partial charge in [0.05, 0.1) is 21.5 Å². The number of rotatable bonds is 5. The Bertz CT molecular complexity index is 1180. The highest BCUT2D eigenvalue weighted by Gasteiger charge is 2.26. The van der Waals surface area contributed by atoms with Crippen LogP contribution in [0.4, 0.5) is 28.4 Å². The molecule has 1 aromatic heterocycles. The van der Waals surface area contributed by atoms with Crippen LogP contribution in [0.5, 0.6) is 0 Å². The van der Waals surface area contributed by atoms with Gasteiger partial charge < -0.3 is 0 Å². The molecule has 0 radical (unpaired) electrons. The molecular formula is C21H12F4N2OS2. The molecule has 3 nitrogen and oxygen atoms in total. The predicted molar refractivity (Wildman–Crippen MR) is 111 cm³/mol. The normalized spacial score (nSPS) is 11.2. The number of thiazole rings is 1. The minimum absolute atomic E-state index is 0.277. The van der Waals surface area contributed by atoms with Gasteiger partial charge in [0.2, 0.25) is 0 Å². The number of carbonyl (C=O) groups excluding carboxylic acids is 1. The van der Waals surface area contributed by atoms with Crippen molar-refractivity contribution in [2.45, 2.75) is 10.7 Å². The minimum atomic E-state index is -2.58. The maximum atomic E-state index is 14.3. The van der Waals surface area contributed by atoms with Crippen molar-refractivity contribution in [2.24, 2.45) is 0 Å². The molecule has 1 amide bonds. The largest absolute Gasteiger partial charge is 0.288 e. The Hall–Kier alpha value is -2.91. The van der Waals surface area contributed by atoms with Crippen molar-refractivity contribution in [2.75, 3.05) is 4.90 Å². The first-order chi connectivity index (χ1) is 14.4. The van der Waals surface area contributed by atoms with Crippen LogP contribution >= 0.6 is 23.1 Å². The number of halogens is 4. The Morgan fingerprint density at radius 1 is 1.00 bits per heavy atom. The molecule has 0 unspecified atom stereocenters. The maximum absolute atomic E-state index is 14.3. The number of hydrogen-bond acceptors (Lipinski definition) is 4. The second-order valence-electron chi connectivity index (χ2n) is 6.10. The van der Waals surface area contributed by atoms with Crippen LogP contribution in [0, 0.1) is 11.6 Å². The van der Waals surface area contributed by atoms with Gasteiger partial charge in [-0.15, -0.1) is 0 Å². The Morgan fingerprint density at radius 2 is 1.73 bits per heavy atom. The summed E-state index contributed by atoms with van der Waals surface area (Å²) in [6.07, 6.45) is 0. The highest BCUT2D eigenvalue weighted by molar-refractivity contribution is 7.99. The maximum Gasteiger partial charge on any atom is 0.288 e. The highest BCUT2D eigenvalue weighted by atomic mass is 32.2. The average Bonchev–Trinajstić information content (AvgIpc) is 3.12. The van der Waals surface area contributed by atoms with Gasteiger partial charge in [-0.05, 0) is 48.5 Å². The van der Waals surface area contributed by atoms with E-state index < -0.39 is 23.3 Å². The molecule has 0 saturated carbocycles. The Morgan fingerprint density at radius 3 is 2.40 bits per heavy atom. The summed E-state index contributed by atoms with van der Waals surface area (Å²) < 4.78 is 53.6. The number of fused-ring (bicyclic) bond motifs is 1. The van der Waals surface area contributed by atoms with E-state index in [1.165, 1.54) is 40.5 Å². The molecule has 0 bridgehead atoms. The molecule has 0 spiro atoms. The van der Waals surface area contributed by atoms with Crippen LogP contribution < -0.4 is 4.90 Å². The summed E-state index contributed by atoms with van der Waals surface area (Å²) in [6.45, 7) is 0. The number of carbonyl (C=O) groups is 1. The zero-order chi connectivity index (χ0) is 21.3. The third-order valence-corrected chi connectivity index (χ3v) is 5.90. The fraction of sp³-hybridized carbons (Fsp3) is 0.0476. The van der Waals surface area contributed by atoms with Crippen LogP contribution in [-0.4, -0.2) is 16.6 Å². The molecule has 4 aromatic rings. The second kappa shape index (κ2) is 8.45. The highest BCUT2D eigenvalue weighted by Crippen LogP contribution is 2.36. The van der Waals surface area contributed by atoms with Crippen molar-refractivity contribution in [3.05, 3.63) is 83.9 Å². The van der Waals surface area contributed by atoms with Crippen molar-refractivity contribution in [1.29, 1.82) is 0 Å². The number of thioether (sulfide) groups is 1. The summed E-state index contributed by atoms with van der Waals surface area (Å²) in [5.41, 5.74) is 0.642. The third-order valence-electron chi connectivity index (χ3n) is 4.16. The van der Waals surface area contributed by atoms with Crippen molar-refractivity contribution in [1.82, 2.24) is 4.98 Å². The molecule has 0 fully saturated rings. The van der Waals surface area contributed by atoms with Gasteiger partial charge in [-0.3, -0.25) is 9.69 Å². The van der Waals surface area contributed by atoms with Gasteiger partial charge in [-0.1, -0.05) is 35.2 Å². The van der Waals surface area contributed by atoms with Gasteiger partial charge in [0.1, 0.15) is 11.6 Å². The van der Waals surface area contributed by atoms with Crippen LogP contribution in [0.25, 0.3) is 10.2 Å². The van der Waals surface area contributed by atoms with Crippen molar-refractivity contribution < 1.29 is 22.4 Å². The monoisotopic (exact) mass is 448 g/mol. The summed E-state index contributed by atoms with van der Waals surface area (Å²) in [7, 11) is 0. The number of alkyl halides is 2. The Balaban J connectivity index is 1.81. The van der Waals surface area contributed by atoms with Gasteiger partial charge >= 0.3 is 0 Å². The van der Waals surface area contributed by atoms with E-state index in [2.05, 4.69) is 4.98 Å². The van der Waals surface area contributed by atoms with Crippen molar-refractivity contribution in [3.63, 3.8) is 0 Å². The van der Waals surface area contributed by atoms with Gasteiger partial charge in [0.15, 0.2) is 5.13 Å². The number of hydrogen-bond donors (Lipinski definition) is 0. The topological polar surface area (TPSA) is 33.2 Å². The van der Waals surface area contributed by atoms with Crippen LogP contribution in [0.3, 0.4) is 0 Å². The van der Waals surface area contributed by atoms with Crippen molar-refractivity contribution in [3.8, 4) is 0 Å². The number of amides is 1. The molecule has 4 rings (SSSR count). The summed E-state index contributed by atoms with van der Waals surface area (Å²) >= 11 is 1.60. The Kier molecular flexibility index (Phi) is 5.74. The first-order valence-corrected chi connectivity index (χ1v) is 10.3. The second-order valence-corrected chi connectivity index (χ2v) is 8.17. The number of anilines is 2. The van der Waals surface area contributed by atoms with E-state index in [0.717, 1.165) is 16.8 Å². The summed E-state index contributed by atoms with van der Waals surface area (Å²) in [6, 6.07) is 15.8. The van der Waals surface area contributed by atoms with Crippen LogP contribution in [0.15, 0.2) is 71.6 Å². The summed E-state index contributed by atoms with van der Waals surface area (Å²) in [5, 5.41) is 0.277. The van der Waals surface area contributed by atoms with Crippen LogP contribution in [0.1, 0.15) is 10.4 Å². The third kappa shape index (κ3) is 4.17. The Labute approximate surface area is 177 Å². The molecule has 1 heterocycles. The van der Waals surface area contributed by atoms with E-state index in [1.807, 2.05) is 12.1 Å². The average molecular weight is 448 g/mol. The molecule has 3 aromatic carbocycles. The minimum Gasteiger partial charge on any atom is -0.268 e. The standard InChI is InChI=1S/C21H12F4N2OS2/c22-12-5-10-15(16(23)11-12)19(28)27(13-6-8-14(9-7-13)29-20(24)25)21-26-17-3-1-2-4-18(17)30-21/h1-11,20H. The van der Waals surface area contributed by atoms with E-state index in [-0.39, 0.29) is 10.7 Å². The van der Waals surface area contributed by atoms with Gasteiger partial charge in [-0.2, -0.15) is 8.78 Å². The lowest BCUT2D eigenvalue weighted by molar-refractivity contribution is 0.0995. The molecule has 9 heteroatoms. The lowest BCUT2D eigenvalue weighted by Crippen LogP contribution is -2.26. The summed E-state index contributed by atoms with van der Waals surface area (Å²) in [5.74, 6) is -5.13. The predicted octanol–water partition coefficient (Wildman–Crippen LogP) is 6.87. The van der Waals surface area contributed by atoms with E-state index in [4.69, 9.17) is 0 Å².